The average Bonchev–Trinajstić information content (AvgIpc) is 2.26. The van der Waals surface area contributed by atoms with Crippen LogP contribution in [0.15, 0.2) is 0 Å². The largest absolute Gasteiger partial charge is 0.390 e. The molecule has 0 heterocycles. The molecule has 2 aliphatic rings. The van der Waals surface area contributed by atoms with Gasteiger partial charge in [0.25, 0.3) is 0 Å². The first kappa shape index (κ1) is 8.52. The van der Waals surface area contributed by atoms with Crippen molar-refractivity contribution in [2.45, 2.75) is 45.8 Å². The zero-order chi connectivity index (χ0) is 9.15. The third kappa shape index (κ3) is 0.647. The van der Waals surface area contributed by atoms with Gasteiger partial charge in [0.2, 0.25) is 0 Å². The van der Waals surface area contributed by atoms with Gasteiger partial charge in [-0.2, -0.15) is 0 Å². The van der Waals surface area contributed by atoms with Crippen LogP contribution in [-0.4, -0.2) is 22.4 Å². The van der Waals surface area contributed by atoms with Crippen molar-refractivity contribution in [3.63, 3.8) is 0 Å². The Bertz CT molecular complexity index is 212. The highest BCUT2D eigenvalue weighted by molar-refractivity contribution is 5.14. The van der Waals surface area contributed by atoms with E-state index in [1.165, 1.54) is 0 Å². The molecule has 0 aromatic carbocycles. The van der Waals surface area contributed by atoms with Crippen LogP contribution in [0.25, 0.3) is 0 Å². The Morgan fingerprint density at radius 1 is 1.17 bits per heavy atom. The Hall–Kier alpha value is -0.0800. The second-order valence-corrected chi connectivity index (χ2v) is 5.22. The van der Waals surface area contributed by atoms with Gasteiger partial charge in [-0.05, 0) is 24.2 Å². The maximum absolute atomic E-state index is 9.83. The molecule has 2 rings (SSSR count). The van der Waals surface area contributed by atoms with E-state index >= 15 is 0 Å². The van der Waals surface area contributed by atoms with Crippen LogP contribution in [0.4, 0.5) is 0 Å². The second-order valence-electron chi connectivity index (χ2n) is 5.22. The summed E-state index contributed by atoms with van der Waals surface area (Å²) in [4.78, 5) is 0. The molecule has 0 aromatic heterocycles. The molecule has 0 radical (unpaired) electrons. The smallest absolute Gasteiger partial charge is 0.0860 e. The van der Waals surface area contributed by atoms with Crippen molar-refractivity contribution in [1.82, 2.24) is 0 Å². The van der Waals surface area contributed by atoms with E-state index < -0.39 is 12.2 Å². The number of rotatable bonds is 0. The van der Waals surface area contributed by atoms with Gasteiger partial charge >= 0.3 is 0 Å². The molecule has 2 bridgehead atoms. The van der Waals surface area contributed by atoms with Gasteiger partial charge in [0.05, 0.1) is 12.2 Å². The molecule has 0 saturated heterocycles. The normalized spacial score (nSPS) is 56.2. The van der Waals surface area contributed by atoms with E-state index in [9.17, 15) is 10.2 Å². The third-order valence-electron chi connectivity index (χ3n) is 4.76. The number of aliphatic hydroxyl groups is 2. The lowest BCUT2D eigenvalue weighted by atomic mass is 9.70. The Morgan fingerprint density at radius 2 is 1.75 bits per heavy atom. The molecule has 0 spiro atoms. The minimum atomic E-state index is -0.508. The maximum Gasteiger partial charge on any atom is 0.0860 e. The van der Waals surface area contributed by atoms with Crippen molar-refractivity contribution in [1.29, 1.82) is 0 Å². The predicted molar refractivity (Wildman–Crippen MR) is 46.6 cm³/mol. The molecule has 0 amide bonds. The standard InChI is InChI=1S/C10H18O2/c1-9(2)6-4-5-10(9,3)8(12)7(6)11/h6-8,11-12H,4-5H2,1-3H3/t6-,7-,8-,10+/m0/s1. The average molecular weight is 170 g/mol. The van der Waals surface area contributed by atoms with Crippen LogP contribution >= 0.6 is 0 Å². The van der Waals surface area contributed by atoms with Crippen molar-refractivity contribution in [2.24, 2.45) is 16.7 Å². The van der Waals surface area contributed by atoms with E-state index in [0.29, 0.717) is 5.92 Å². The summed E-state index contributed by atoms with van der Waals surface area (Å²) < 4.78 is 0. The first-order valence-electron chi connectivity index (χ1n) is 4.77. The molecule has 2 fully saturated rings. The van der Waals surface area contributed by atoms with E-state index in [4.69, 9.17) is 0 Å². The lowest BCUT2D eigenvalue weighted by Crippen LogP contribution is -2.39. The van der Waals surface area contributed by atoms with Crippen LogP contribution in [0.3, 0.4) is 0 Å². The lowest BCUT2D eigenvalue weighted by Gasteiger charge is -2.36. The highest BCUT2D eigenvalue weighted by Gasteiger charge is 2.65. The molecule has 12 heavy (non-hydrogen) atoms. The third-order valence-corrected chi connectivity index (χ3v) is 4.76. The first-order chi connectivity index (χ1) is 5.41. The molecular formula is C10H18O2. The van der Waals surface area contributed by atoms with Crippen LogP contribution < -0.4 is 0 Å². The van der Waals surface area contributed by atoms with Crippen molar-refractivity contribution >= 4 is 0 Å². The van der Waals surface area contributed by atoms with E-state index in [0.717, 1.165) is 12.8 Å². The van der Waals surface area contributed by atoms with Crippen molar-refractivity contribution in [3.8, 4) is 0 Å². The summed E-state index contributed by atoms with van der Waals surface area (Å²) in [6.45, 7) is 6.45. The molecule has 0 unspecified atom stereocenters. The number of hydrogen-bond acceptors (Lipinski definition) is 2. The monoisotopic (exact) mass is 170 g/mol. The molecule has 70 valence electrons. The van der Waals surface area contributed by atoms with Gasteiger partial charge in [0, 0.05) is 5.41 Å². The second kappa shape index (κ2) is 2.05. The molecule has 0 aromatic rings. The summed E-state index contributed by atoms with van der Waals surface area (Å²) in [5.41, 5.74) is 0.0446. The van der Waals surface area contributed by atoms with Gasteiger partial charge in [0.15, 0.2) is 0 Å². The zero-order valence-electron chi connectivity index (χ0n) is 8.04. The highest BCUT2D eigenvalue weighted by Crippen LogP contribution is 2.65. The number of aliphatic hydroxyl groups excluding tert-OH is 2. The number of hydrogen-bond donors (Lipinski definition) is 2. The Kier molecular flexibility index (Phi) is 1.45. The molecule has 2 N–H and O–H groups in total. The van der Waals surface area contributed by atoms with Gasteiger partial charge in [-0.25, -0.2) is 0 Å². The Morgan fingerprint density at radius 3 is 2.00 bits per heavy atom. The van der Waals surface area contributed by atoms with Crippen molar-refractivity contribution < 1.29 is 10.2 Å². The first-order valence-corrected chi connectivity index (χ1v) is 4.77. The van der Waals surface area contributed by atoms with Gasteiger partial charge in [-0.3, -0.25) is 0 Å². The minimum Gasteiger partial charge on any atom is -0.390 e. The Labute approximate surface area is 73.6 Å². The van der Waals surface area contributed by atoms with Crippen LogP contribution in [-0.2, 0) is 0 Å². The molecule has 2 saturated carbocycles. The fourth-order valence-electron chi connectivity index (χ4n) is 3.29. The fourth-order valence-corrected chi connectivity index (χ4v) is 3.29. The molecule has 2 heteroatoms. The summed E-state index contributed by atoms with van der Waals surface area (Å²) in [7, 11) is 0. The highest BCUT2D eigenvalue weighted by atomic mass is 16.3. The SMILES string of the molecule is CC1(C)[C@H]2CC[C@]1(C)[C@@H](O)[C@H]2O. The summed E-state index contributed by atoms with van der Waals surface area (Å²) in [6.07, 6.45) is 1.13. The van der Waals surface area contributed by atoms with Crippen molar-refractivity contribution in [2.75, 3.05) is 0 Å². The molecule has 2 aliphatic carbocycles. The predicted octanol–water partition coefficient (Wildman–Crippen LogP) is 1.16. The molecular weight excluding hydrogens is 152 g/mol. The van der Waals surface area contributed by atoms with E-state index in [1.54, 1.807) is 0 Å². The van der Waals surface area contributed by atoms with Gasteiger partial charge < -0.3 is 10.2 Å². The molecule has 0 aliphatic heterocycles. The van der Waals surface area contributed by atoms with E-state index in [1.807, 2.05) is 0 Å². The summed E-state index contributed by atoms with van der Waals surface area (Å²) in [6, 6.07) is 0. The fraction of sp³-hybridized carbons (Fsp3) is 1.00. The van der Waals surface area contributed by atoms with Crippen LogP contribution in [0.5, 0.6) is 0 Å². The van der Waals surface area contributed by atoms with Crippen LogP contribution in [0.2, 0.25) is 0 Å². The van der Waals surface area contributed by atoms with Crippen LogP contribution in [0.1, 0.15) is 33.6 Å². The number of fused-ring (bicyclic) bond motifs is 2. The maximum atomic E-state index is 9.83. The molecule has 4 atom stereocenters. The quantitative estimate of drug-likeness (QED) is 0.573. The summed E-state index contributed by atoms with van der Waals surface area (Å²) in [5, 5.41) is 19.6. The van der Waals surface area contributed by atoms with E-state index in [-0.39, 0.29) is 10.8 Å². The van der Waals surface area contributed by atoms with E-state index in [2.05, 4.69) is 20.8 Å². The van der Waals surface area contributed by atoms with Gasteiger partial charge in [-0.15, -0.1) is 0 Å². The van der Waals surface area contributed by atoms with Gasteiger partial charge in [-0.1, -0.05) is 20.8 Å². The molecule has 2 nitrogen and oxygen atoms in total. The zero-order valence-corrected chi connectivity index (χ0v) is 8.04. The summed E-state index contributed by atoms with van der Waals surface area (Å²) >= 11 is 0. The lowest BCUT2D eigenvalue weighted by molar-refractivity contribution is -0.0508. The van der Waals surface area contributed by atoms with Crippen molar-refractivity contribution in [3.05, 3.63) is 0 Å². The van der Waals surface area contributed by atoms with Crippen LogP contribution in [0, 0.1) is 16.7 Å². The topological polar surface area (TPSA) is 40.5 Å². The Balaban J connectivity index is 2.44. The summed E-state index contributed by atoms with van der Waals surface area (Å²) in [5.74, 6) is 0.303. The van der Waals surface area contributed by atoms with Gasteiger partial charge in [0.1, 0.15) is 0 Å². The minimum absolute atomic E-state index is 0.0584.